The van der Waals surface area contributed by atoms with Crippen LogP contribution in [0.3, 0.4) is 0 Å². The number of benzene rings is 2. The molecule has 1 aliphatic rings. The molecule has 0 N–H and O–H groups in total. The fourth-order valence-electron chi connectivity index (χ4n) is 4.15. The summed E-state index contributed by atoms with van der Waals surface area (Å²) in [6.07, 6.45) is 2.53. The molecular formula is C22H27N3. The van der Waals surface area contributed by atoms with Crippen molar-refractivity contribution in [1.82, 2.24) is 14.5 Å². The van der Waals surface area contributed by atoms with E-state index in [9.17, 15) is 0 Å². The Labute approximate surface area is 150 Å². The van der Waals surface area contributed by atoms with Crippen LogP contribution in [-0.2, 0) is 6.54 Å². The van der Waals surface area contributed by atoms with Crippen LogP contribution in [0, 0.1) is 12.8 Å². The lowest BCUT2D eigenvalue weighted by atomic mass is 9.94. The van der Waals surface area contributed by atoms with Crippen LogP contribution < -0.4 is 0 Å². The van der Waals surface area contributed by atoms with Gasteiger partial charge in [0.05, 0.1) is 11.0 Å². The van der Waals surface area contributed by atoms with Gasteiger partial charge in [0.15, 0.2) is 0 Å². The first kappa shape index (κ1) is 16.3. The topological polar surface area (TPSA) is 21.1 Å². The third kappa shape index (κ3) is 3.34. The van der Waals surface area contributed by atoms with Gasteiger partial charge in [-0.1, -0.05) is 42.5 Å². The summed E-state index contributed by atoms with van der Waals surface area (Å²) >= 11 is 0. The molecule has 0 amide bonds. The molecule has 0 spiro atoms. The normalized spacial score (nSPS) is 17.8. The largest absolute Gasteiger partial charge is 0.328 e. The van der Waals surface area contributed by atoms with Crippen molar-refractivity contribution in [3.05, 3.63) is 66.0 Å². The van der Waals surface area contributed by atoms with E-state index in [2.05, 4.69) is 77.9 Å². The Morgan fingerprint density at radius 2 is 1.68 bits per heavy atom. The lowest BCUT2D eigenvalue weighted by molar-refractivity contribution is 0.134. The van der Waals surface area contributed by atoms with Crippen molar-refractivity contribution < 1.29 is 0 Å². The molecule has 3 nitrogen and oxygen atoms in total. The summed E-state index contributed by atoms with van der Waals surface area (Å²) < 4.78 is 2.41. The molecule has 130 valence electrons. The Morgan fingerprint density at radius 3 is 2.44 bits per heavy atom. The summed E-state index contributed by atoms with van der Waals surface area (Å²) in [6, 6.07) is 19.9. The number of imidazole rings is 1. The molecule has 0 aliphatic carbocycles. The predicted molar refractivity (Wildman–Crippen MR) is 104 cm³/mol. The van der Waals surface area contributed by atoms with E-state index in [1.54, 1.807) is 0 Å². The Kier molecular flexibility index (Phi) is 4.58. The van der Waals surface area contributed by atoms with Crippen molar-refractivity contribution in [2.75, 3.05) is 13.1 Å². The number of hydrogen-bond acceptors (Lipinski definition) is 2. The summed E-state index contributed by atoms with van der Waals surface area (Å²) in [4.78, 5) is 7.34. The minimum Gasteiger partial charge on any atom is -0.328 e. The van der Waals surface area contributed by atoms with E-state index < -0.39 is 0 Å². The Hall–Kier alpha value is -2.13. The van der Waals surface area contributed by atoms with E-state index in [-0.39, 0.29) is 0 Å². The molecule has 1 atom stereocenters. The van der Waals surface area contributed by atoms with Gasteiger partial charge in [-0.15, -0.1) is 0 Å². The highest BCUT2D eigenvalue weighted by Crippen LogP contribution is 2.28. The van der Waals surface area contributed by atoms with Crippen LogP contribution in [0.15, 0.2) is 54.6 Å². The smallest absolute Gasteiger partial charge is 0.106 e. The fraction of sp³-hybridized carbons (Fsp3) is 0.409. The number of likely N-dealkylation sites (tertiary alicyclic amines) is 1. The quantitative estimate of drug-likeness (QED) is 0.682. The van der Waals surface area contributed by atoms with Gasteiger partial charge in [0, 0.05) is 12.6 Å². The molecule has 25 heavy (non-hydrogen) atoms. The van der Waals surface area contributed by atoms with Gasteiger partial charge in [-0.25, -0.2) is 4.98 Å². The molecule has 4 rings (SSSR count). The molecule has 1 aliphatic heterocycles. The van der Waals surface area contributed by atoms with Gasteiger partial charge in [0.25, 0.3) is 0 Å². The number of piperidine rings is 1. The predicted octanol–water partition coefficient (Wildman–Crippen LogP) is 4.82. The summed E-state index contributed by atoms with van der Waals surface area (Å²) in [7, 11) is 0. The second kappa shape index (κ2) is 7.01. The Morgan fingerprint density at radius 1 is 1.00 bits per heavy atom. The molecule has 0 bridgehead atoms. The summed E-state index contributed by atoms with van der Waals surface area (Å²) in [5, 5.41) is 0. The third-order valence-electron chi connectivity index (χ3n) is 5.77. The molecule has 2 heterocycles. The first-order chi connectivity index (χ1) is 12.2. The SMILES string of the molecule is Cc1nc2ccccc2n1CC1CCN(C(C)c2ccccc2)CC1. The highest BCUT2D eigenvalue weighted by atomic mass is 15.2. The van der Waals surface area contributed by atoms with E-state index >= 15 is 0 Å². The van der Waals surface area contributed by atoms with Crippen LogP contribution in [-0.4, -0.2) is 27.5 Å². The molecule has 1 unspecified atom stereocenters. The van der Waals surface area contributed by atoms with Crippen LogP contribution in [0.5, 0.6) is 0 Å². The number of aromatic nitrogens is 2. The number of fused-ring (bicyclic) bond motifs is 1. The number of hydrogen-bond donors (Lipinski definition) is 0. The number of rotatable bonds is 4. The Bertz CT molecular complexity index is 829. The van der Waals surface area contributed by atoms with Gasteiger partial charge >= 0.3 is 0 Å². The molecule has 0 saturated carbocycles. The summed E-state index contributed by atoms with van der Waals surface area (Å²) in [5.74, 6) is 1.89. The maximum Gasteiger partial charge on any atom is 0.106 e. The second-order valence-electron chi connectivity index (χ2n) is 7.32. The van der Waals surface area contributed by atoms with Gasteiger partial charge < -0.3 is 4.57 Å². The van der Waals surface area contributed by atoms with Gasteiger partial charge in [-0.3, -0.25) is 4.90 Å². The van der Waals surface area contributed by atoms with E-state index in [1.165, 1.54) is 37.0 Å². The average molecular weight is 333 g/mol. The first-order valence-electron chi connectivity index (χ1n) is 9.43. The van der Waals surface area contributed by atoms with Crippen LogP contribution in [0.2, 0.25) is 0 Å². The zero-order valence-electron chi connectivity index (χ0n) is 15.2. The summed E-state index contributed by atoms with van der Waals surface area (Å²) in [5.41, 5.74) is 3.83. The lowest BCUT2D eigenvalue weighted by Gasteiger charge is -2.36. The highest BCUT2D eigenvalue weighted by molar-refractivity contribution is 5.75. The zero-order chi connectivity index (χ0) is 17.2. The van der Waals surface area contributed by atoms with Crippen LogP contribution in [0.1, 0.15) is 37.2 Å². The molecule has 1 aromatic heterocycles. The maximum atomic E-state index is 4.71. The highest BCUT2D eigenvalue weighted by Gasteiger charge is 2.24. The molecule has 1 saturated heterocycles. The molecule has 2 aromatic carbocycles. The minimum absolute atomic E-state index is 0.512. The molecule has 0 radical (unpaired) electrons. The molecular weight excluding hydrogens is 306 g/mol. The van der Waals surface area contributed by atoms with Crippen molar-refractivity contribution in [2.45, 2.75) is 39.3 Å². The summed E-state index contributed by atoms with van der Waals surface area (Å²) in [6.45, 7) is 7.94. The van der Waals surface area contributed by atoms with Crippen molar-refractivity contribution in [3.8, 4) is 0 Å². The first-order valence-corrected chi connectivity index (χ1v) is 9.43. The van der Waals surface area contributed by atoms with Gasteiger partial charge in [-0.05, 0) is 63.4 Å². The lowest BCUT2D eigenvalue weighted by Crippen LogP contribution is -2.36. The maximum absolute atomic E-state index is 4.71. The van der Waals surface area contributed by atoms with Gasteiger partial charge in [0.1, 0.15) is 5.82 Å². The number of aryl methyl sites for hydroxylation is 1. The van der Waals surface area contributed by atoms with Gasteiger partial charge in [0.2, 0.25) is 0 Å². The van der Waals surface area contributed by atoms with Crippen molar-refractivity contribution in [1.29, 1.82) is 0 Å². The number of nitrogens with zero attached hydrogens (tertiary/aromatic N) is 3. The van der Waals surface area contributed by atoms with E-state index in [0.717, 1.165) is 23.8 Å². The van der Waals surface area contributed by atoms with Crippen molar-refractivity contribution >= 4 is 11.0 Å². The van der Waals surface area contributed by atoms with Crippen molar-refractivity contribution in [2.24, 2.45) is 5.92 Å². The van der Waals surface area contributed by atoms with Gasteiger partial charge in [-0.2, -0.15) is 0 Å². The van der Waals surface area contributed by atoms with Crippen LogP contribution in [0.4, 0.5) is 0 Å². The monoisotopic (exact) mass is 333 g/mol. The van der Waals surface area contributed by atoms with Crippen molar-refractivity contribution in [3.63, 3.8) is 0 Å². The average Bonchev–Trinajstić information content (AvgIpc) is 2.98. The van der Waals surface area contributed by atoms with E-state index in [1.807, 2.05) is 0 Å². The molecule has 3 heteroatoms. The second-order valence-corrected chi connectivity index (χ2v) is 7.32. The third-order valence-corrected chi connectivity index (χ3v) is 5.77. The standard InChI is InChI=1S/C22H27N3/c1-17(20-8-4-3-5-9-20)24-14-12-19(13-15-24)16-25-18(2)23-21-10-6-7-11-22(21)25/h3-11,17,19H,12-16H2,1-2H3. The minimum atomic E-state index is 0.512. The number of para-hydroxylation sites is 2. The zero-order valence-corrected chi connectivity index (χ0v) is 15.2. The Balaban J connectivity index is 1.41. The molecule has 3 aromatic rings. The van der Waals surface area contributed by atoms with E-state index in [4.69, 9.17) is 4.98 Å². The van der Waals surface area contributed by atoms with Crippen LogP contribution in [0.25, 0.3) is 11.0 Å². The van der Waals surface area contributed by atoms with Crippen LogP contribution >= 0.6 is 0 Å². The van der Waals surface area contributed by atoms with E-state index in [0.29, 0.717) is 6.04 Å². The molecule has 1 fully saturated rings. The fourth-order valence-corrected chi connectivity index (χ4v) is 4.15.